The normalized spacial score (nSPS) is 11.2. The second-order valence-electron chi connectivity index (χ2n) is 4.26. The molecule has 1 aromatic carbocycles. The van der Waals surface area contributed by atoms with Crippen LogP contribution in [0.5, 0.6) is 0 Å². The SMILES string of the molecule is S=CC=Nc1ccn(Cc2nccc3ccccc23)n1. The lowest BCUT2D eigenvalue weighted by Crippen LogP contribution is -2.02. The number of thiocarbonyl (C=S) groups is 1. The minimum absolute atomic E-state index is 0.620. The maximum Gasteiger partial charge on any atom is 0.173 e. The molecular formula is C15H12N4S. The van der Waals surface area contributed by atoms with Crippen LogP contribution in [0.1, 0.15) is 5.69 Å². The van der Waals surface area contributed by atoms with Gasteiger partial charge in [0, 0.05) is 35.4 Å². The third-order valence-electron chi connectivity index (χ3n) is 2.96. The zero-order valence-electron chi connectivity index (χ0n) is 10.7. The summed E-state index contributed by atoms with van der Waals surface area (Å²) in [5.41, 5.74) is 0.997. The number of pyridine rings is 1. The van der Waals surface area contributed by atoms with Crippen molar-refractivity contribution in [1.82, 2.24) is 14.8 Å². The Bertz CT molecular complexity index is 771. The maximum absolute atomic E-state index is 4.70. The van der Waals surface area contributed by atoms with E-state index in [9.17, 15) is 0 Å². The van der Waals surface area contributed by atoms with Crippen molar-refractivity contribution in [1.29, 1.82) is 0 Å². The van der Waals surface area contributed by atoms with E-state index in [0.29, 0.717) is 12.4 Å². The summed E-state index contributed by atoms with van der Waals surface area (Å²) in [6.07, 6.45) is 5.27. The molecule has 0 aliphatic carbocycles. The molecule has 0 saturated carbocycles. The van der Waals surface area contributed by atoms with Crippen molar-refractivity contribution in [3.05, 3.63) is 54.5 Å². The van der Waals surface area contributed by atoms with Crippen LogP contribution in [0, 0.1) is 0 Å². The molecular weight excluding hydrogens is 268 g/mol. The summed E-state index contributed by atoms with van der Waals surface area (Å²) in [6, 6.07) is 12.1. The average molecular weight is 280 g/mol. The summed E-state index contributed by atoms with van der Waals surface area (Å²) in [7, 11) is 0. The van der Waals surface area contributed by atoms with Gasteiger partial charge in [-0.2, -0.15) is 5.10 Å². The van der Waals surface area contributed by atoms with Gasteiger partial charge in [-0.3, -0.25) is 9.67 Å². The summed E-state index contributed by atoms with van der Waals surface area (Å²) >= 11 is 4.70. The Morgan fingerprint density at radius 1 is 1.20 bits per heavy atom. The monoisotopic (exact) mass is 280 g/mol. The Kier molecular flexibility index (Phi) is 3.60. The van der Waals surface area contributed by atoms with Gasteiger partial charge in [-0.15, -0.1) is 0 Å². The zero-order valence-corrected chi connectivity index (χ0v) is 11.5. The van der Waals surface area contributed by atoms with Crippen molar-refractivity contribution in [2.45, 2.75) is 6.54 Å². The predicted octanol–water partition coefficient (Wildman–Crippen LogP) is 3.18. The first kappa shape index (κ1) is 12.6. The van der Waals surface area contributed by atoms with Crippen molar-refractivity contribution in [3.63, 3.8) is 0 Å². The van der Waals surface area contributed by atoms with Crippen LogP contribution in [0.25, 0.3) is 10.8 Å². The van der Waals surface area contributed by atoms with E-state index in [1.165, 1.54) is 10.8 Å². The topological polar surface area (TPSA) is 43.1 Å². The molecule has 0 unspecified atom stereocenters. The van der Waals surface area contributed by atoms with Gasteiger partial charge in [0.1, 0.15) is 0 Å². The van der Waals surface area contributed by atoms with E-state index in [1.54, 1.807) is 6.21 Å². The highest BCUT2D eigenvalue weighted by molar-refractivity contribution is 7.80. The quantitative estimate of drug-likeness (QED) is 0.544. The number of nitrogens with zero attached hydrogens (tertiary/aromatic N) is 4. The van der Waals surface area contributed by atoms with E-state index in [1.807, 2.05) is 41.3 Å². The zero-order chi connectivity index (χ0) is 13.8. The van der Waals surface area contributed by atoms with E-state index in [4.69, 9.17) is 12.2 Å². The number of aliphatic imine (C=N–C) groups is 1. The second-order valence-corrected chi connectivity index (χ2v) is 4.54. The Balaban J connectivity index is 1.91. The van der Waals surface area contributed by atoms with E-state index >= 15 is 0 Å². The minimum Gasteiger partial charge on any atom is -0.265 e. The molecule has 0 aliphatic heterocycles. The third-order valence-corrected chi connectivity index (χ3v) is 3.08. The van der Waals surface area contributed by atoms with Gasteiger partial charge in [0.15, 0.2) is 5.82 Å². The largest absolute Gasteiger partial charge is 0.265 e. The molecule has 98 valence electrons. The smallest absolute Gasteiger partial charge is 0.173 e. The number of benzene rings is 1. The molecule has 5 heteroatoms. The molecule has 20 heavy (non-hydrogen) atoms. The second kappa shape index (κ2) is 5.71. The number of aromatic nitrogens is 3. The van der Waals surface area contributed by atoms with Crippen LogP contribution in [-0.4, -0.2) is 26.3 Å². The molecule has 2 heterocycles. The van der Waals surface area contributed by atoms with Crippen LogP contribution in [0.2, 0.25) is 0 Å². The lowest BCUT2D eigenvalue weighted by atomic mass is 10.1. The van der Waals surface area contributed by atoms with Gasteiger partial charge >= 0.3 is 0 Å². The van der Waals surface area contributed by atoms with Gasteiger partial charge in [-0.05, 0) is 11.5 Å². The van der Waals surface area contributed by atoms with Crippen LogP contribution < -0.4 is 0 Å². The van der Waals surface area contributed by atoms with Gasteiger partial charge in [0.25, 0.3) is 0 Å². The van der Waals surface area contributed by atoms with Crippen molar-refractivity contribution in [2.24, 2.45) is 4.99 Å². The molecule has 0 bridgehead atoms. The Hall–Kier alpha value is -2.40. The van der Waals surface area contributed by atoms with Gasteiger partial charge in [0.2, 0.25) is 0 Å². The Morgan fingerprint density at radius 2 is 2.10 bits per heavy atom. The third kappa shape index (κ3) is 2.62. The van der Waals surface area contributed by atoms with E-state index < -0.39 is 0 Å². The van der Waals surface area contributed by atoms with Gasteiger partial charge < -0.3 is 0 Å². The average Bonchev–Trinajstić information content (AvgIpc) is 2.93. The first-order valence-electron chi connectivity index (χ1n) is 6.21. The highest BCUT2D eigenvalue weighted by Crippen LogP contribution is 2.17. The molecule has 3 aromatic rings. The number of fused-ring (bicyclic) bond motifs is 1. The fourth-order valence-electron chi connectivity index (χ4n) is 2.08. The first-order valence-corrected chi connectivity index (χ1v) is 6.68. The molecule has 4 nitrogen and oxygen atoms in total. The van der Waals surface area contributed by atoms with E-state index in [2.05, 4.69) is 27.2 Å². The number of hydrogen-bond donors (Lipinski definition) is 0. The maximum atomic E-state index is 4.70. The minimum atomic E-state index is 0.620. The molecule has 0 radical (unpaired) electrons. The molecule has 0 atom stereocenters. The van der Waals surface area contributed by atoms with Crippen molar-refractivity contribution >= 4 is 40.4 Å². The van der Waals surface area contributed by atoms with Crippen molar-refractivity contribution in [3.8, 4) is 0 Å². The van der Waals surface area contributed by atoms with E-state index in [-0.39, 0.29) is 0 Å². The fraction of sp³-hybridized carbons (Fsp3) is 0.0667. The number of hydrogen-bond acceptors (Lipinski definition) is 4. The predicted molar refractivity (Wildman–Crippen MR) is 84.9 cm³/mol. The van der Waals surface area contributed by atoms with E-state index in [0.717, 1.165) is 11.1 Å². The Morgan fingerprint density at radius 3 is 3.00 bits per heavy atom. The summed E-state index contributed by atoms with van der Waals surface area (Å²) in [6.45, 7) is 0.620. The van der Waals surface area contributed by atoms with Crippen LogP contribution in [0.15, 0.2) is 53.8 Å². The fourth-order valence-corrected chi connectivity index (χ4v) is 2.14. The standard InChI is InChI=1S/C15H12N4S/c20-10-8-17-15-6-9-19(18-15)11-14-13-4-2-1-3-12(13)5-7-16-14/h1-10H,11H2. The molecule has 0 fully saturated rings. The summed E-state index contributed by atoms with van der Waals surface area (Å²) < 4.78 is 1.82. The molecule has 2 aromatic heterocycles. The molecule has 0 spiro atoms. The summed E-state index contributed by atoms with van der Waals surface area (Å²) in [4.78, 5) is 8.56. The van der Waals surface area contributed by atoms with Gasteiger partial charge in [-0.25, -0.2) is 4.99 Å². The van der Waals surface area contributed by atoms with Gasteiger partial charge in [0.05, 0.1) is 12.2 Å². The van der Waals surface area contributed by atoms with Gasteiger partial charge in [-0.1, -0.05) is 36.5 Å². The Labute approximate surface area is 121 Å². The molecule has 0 amide bonds. The highest BCUT2D eigenvalue weighted by Gasteiger charge is 2.04. The molecule has 0 saturated heterocycles. The molecule has 0 N–H and O–H groups in total. The van der Waals surface area contributed by atoms with Crippen molar-refractivity contribution in [2.75, 3.05) is 0 Å². The van der Waals surface area contributed by atoms with Crippen LogP contribution >= 0.6 is 12.2 Å². The van der Waals surface area contributed by atoms with Crippen LogP contribution in [0.3, 0.4) is 0 Å². The lowest BCUT2D eigenvalue weighted by molar-refractivity contribution is 0.678. The van der Waals surface area contributed by atoms with Crippen LogP contribution in [0.4, 0.5) is 5.82 Å². The summed E-state index contributed by atoms with van der Waals surface area (Å²) in [5, 5.41) is 8.16. The highest BCUT2D eigenvalue weighted by atomic mass is 32.1. The summed E-state index contributed by atoms with van der Waals surface area (Å²) in [5.74, 6) is 0.645. The lowest BCUT2D eigenvalue weighted by Gasteiger charge is -2.05. The molecule has 0 aliphatic rings. The number of rotatable bonds is 4. The molecule has 3 rings (SSSR count). The first-order chi connectivity index (χ1) is 9.86. The van der Waals surface area contributed by atoms with Crippen molar-refractivity contribution < 1.29 is 0 Å². The van der Waals surface area contributed by atoms with Crippen LogP contribution in [-0.2, 0) is 6.54 Å².